The molecule has 60 valence electrons. The Balaban J connectivity index is 0.00000121. The Labute approximate surface area is 97.1 Å². The number of aliphatic carboxylic acids is 1. The number of hydrogen-bond donors (Lipinski definition) is 0. The van der Waals surface area contributed by atoms with Gasteiger partial charge < -0.3 is 9.90 Å². The fourth-order valence-corrected chi connectivity index (χ4v) is 1.42. The summed E-state index contributed by atoms with van der Waals surface area (Å²) in [6, 6.07) is 0. The van der Waals surface area contributed by atoms with Crippen LogP contribution in [0.5, 0.6) is 0 Å². The number of carbonyl (C=O) groups is 1. The number of thiazole rings is 1. The van der Waals surface area contributed by atoms with Gasteiger partial charge in [-0.25, -0.2) is 4.98 Å². The molecule has 0 bridgehead atoms. The predicted octanol–water partition coefficient (Wildman–Crippen LogP) is -2.78. The molecule has 1 rings (SSSR count). The monoisotopic (exact) mass is 193 g/mol. The van der Waals surface area contributed by atoms with Crippen LogP contribution < -0.4 is 34.7 Å². The second kappa shape index (κ2) is 6.60. The summed E-state index contributed by atoms with van der Waals surface area (Å²) in [7, 11) is 0. The van der Waals surface area contributed by atoms with Crippen molar-refractivity contribution in [1.29, 1.82) is 0 Å². The molecule has 0 aliphatic heterocycles. The molecule has 0 N–H and O–H groups in total. The second-order valence-corrected chi connectivity index (χ2v) is 3.13. The molecule has 0 aliphatic rings. The number of carboxylic acid groups (broad SMARTS) is 1. The maximum atomic E-state index is 10.00. The van der Waals surface area contributed by atoms with Crippen molar-refractivity contribution in [3.8, 4) is 0 Å². The van der Waals surface area contributed by atoms with Gasteiger partial charge in [0.05, 0.1) is 5.01 Å². The zero-order valence-electron chi connectivity index (χ0n) is 6.95. The maximum Gasteiger partial charge on any atom is 1.00 e. The van der Waals surface area contributed by atoms with Crippen LogP contribution in [0.4, 0.5) is 0 Å². The molecule has 0 aliphatic carbocycles. The topological polar surface area (TPSA) is 53.0 Å². The second-order valence-electron chi connectivity index (χ2n) is 2.15. The summed E-state index contributed by atoms with van der Waals surface area (Å²) in [6.45, 7) is 0. The van der Waals surface area contributed by atoms with E-state index in [1.165, 1.54) is 0 Å². The van der Waals surface area contributed by atoms with Crippen LogP contribution in [-0.4, -0.2) is 11.0 Å². The third-order valence-corrected chi connectivity index (χ3v) is 2.09. The van der Waals surface area contributed by atoms with E-state index in [0.717, 1.165) is 11.4 Å². The van der Waals surface area contributed by atoms with Gasteiger partial charge in [0.25, 0.3) is 0 Å². The maximum absolute atomic E-state index is 10.00. The molecule has 0 spiro atoms. The van der Waals surface area contributed by atoms with Gasteiger partial charge in [0.15, 0.2) is 0 Å². The standard InChI is InChI=1S/C7H9NO2S.Na/c9-7(10)3-1-2-6-8-4-5-11-6;/h4-5H,1-3H2,(H,9,10);/q;+1/p-1. The van der Waals surface area contributed by atoms with E-state index in [0.29, 0.717) is 6.42 Å². The predicted molar refractivity (Wildman–Crippen MR) is 40.1 cm³/mol. The van der Waals surface area contributed by atoms with Gasteiger partial charge in [-0.3, -0.25) is 0 Å². The average molecular weight is 193 g/mol. The first-order valence-corrected chi connectivity index (χ1v) is 4.25. The molecule has 1 heterocycles. The first kappa shape index (κ1) is 12.1. The minimum absolute atomic E-state index is 0. The molecule has 0 aromatic carbocycles. The fraction of sp³-hybridized carbons (Fsp3) is 0.429. The zero-order chi connectivity index (χ0) is 8.10. The van der Waals surface area contributed by atoms with Crippen molar-refractivity contribution in [2.24, 2.45) is 0 Å². The number of rotatable bonds is 4. The molecule has 0 saturated carbocycles. The molecule has 0 amide bonds. The molecule has 1 aromatic rings. The van der Waals surface area contributed by atoms with E-state index < -0.39 is 5.97 Å². The van der Waals surface area contributed by atoms with Crippen LogP contribution in [0.1, 0.15) is 17.8 Å². The molecule has 12 heavy (non-hydrogen) atoms. The van der Waals surface area contributed by atoms with E-state index in [4.69, 9.17) is 0 Å². The van der Waals surface area contributed by atoms with Gasteiger partial charge in [0, 0.05) is 17.5 Å². The zero-order valence-corrected chi connectivity index (χ0v) is 9.76. The van der Waals surface area contributed by atoms with Crippen LogP contribution in [0.2, 0.25) is 0 Å². The molecule has 0 radical (unpaired) electrons. The first-order valence-electron chi connectivity index (χ1n) is 3.37. The number of nitrogens with zero attached hydrogens (tertiary/aromatic N) is 1. The van der Waals surface area contributed by atoms with Crippen LogP contribution in [-0.2, 0) is 11.2 Å². The average Bonchev–Trinajstić information content (AvgIpc) is 2.39. The summed E-state index contributed by atoms with van der Waals surface area (Å²) in [4.78, 5) is 14.0. The van der Waals surface area contributed by atoms with Crippen molar-refractivity contribution in [1.82, 2.24) is 4.98 Å². The minimum atomic E-state index is -0.985. The van der Waals surface area contributed by atoms with Crippen molar-refractivity contribution in [3.05, 3.63) is 16.6 Å². The molecule has 0 atom stereocenters. The van der Waals surface area contributed by atoms with Gasteiger partial charge in [-0.1, -0.05) is 0 Å². The SMILES string of the molecule is O=C([O-])CCCc1nccs1.[Na+]. The Morgan fingerprint density at radius 1 is 1.67 bits per heavy atom. The molecule has 3 nitrogen and oxygen atoms in total. The van der Waals surface area contributed by atoms with E-state index in [2.05, 4.69) is 4.98 Å². The van der Waals surface area contributed by atoms with Crippen LogP contribution >= 0.6 is 11.3 Å². The summed E-state index contributed by atoms with van der Waals surface area (Å²) in [5, 5.41) is 12.9. The number of hydrogen-bond acceptors (Lipinski definition) is 4. The molecule has 0 unspecified atom stereocenters. The largest absolute Gasteiger partial charge is 1.00 e. The summed E-state index contributed by atoms with van der Waals surface area (Å²) < 4.78 is 0. The van der Waals surface area contributed by atoms with E-state index in [1.54, 1.807) is 17.5 Å². The summed E-state index contributed by atoms with van der Waals surface area (Å²) >= 11 is 1.55. The van der Waals surface area contributed by atoms with E-state index in [1.807, 2.05) is 5.38 Å². The van der Waals surface area contributed by atoms with Crippen molar-refractivity contribution in [2.75, 3.05) is 0 Å². The van der Waals surface area contributed by atoms with Crippen molar-refractivity contribution in [3.63, 3.8) is 0 Å². The third kappa shape index (κ3) is 4.87. The van der Waals surface area contributed by atoms with Crippen molar-refractivity contribution in [2.45, 2.75) is 19.3 Å². The number of carboxylic acids is 1. The number of aromatic nitrogens is 1. The smallest absolute Gasteiger partial charge is 0.550 e. The van der Waals surface area contributed by atoms with Gasteiger partial charge >= 0.3 is 29.6 Å². The number of carbonyl (C=O) groups excluding carboxylic acids is 1. The van der Waals surface area contributed by atoms with Gasteiger partial charge in [-0.2, -0.15) is 0 Å². The quantitative estimate of drug-likeness (QED) is 0.486. The fourth-order valence-electron chi connectivity index (χ4n) is 0.760. The van der Waals surface area contributed by atoms with Crippen molar-refractivity contribution >= 4 is 17.3 Å². The molecule has 1 aromatic heterocycles. The molecule has 0 fully saturated rings. The molecule has 0 saturated heterocycles. The van der Waals surface area contributed by atoms with Gasteiger partial charge in [-0.15, -0.1) is 11.3 Å². The summed E-state index contributed by atoms with van der Waals surface area (Å²) in [5.41, 5.74) is 0. The van der Waals surface area contributed by atoms with Crippen LogP contribution in [0.25, 0.3) is 0 Å². The minimum Gasteiger partial charge on any atom is -0.550 e. The Kier molecular flexibility index (Phi) is 6.65. The van der Waals surface area contributed by atoms with E-state index in [9.17, 15) is 9.90 Å². The Hall–Kier alpha value is 0.1000. The van der Waals surface area contributed by atoms with Crippen LogP contribution in [0.3, 0.4) is 0 Å². The van der Waals surface area contributed by atoms with Gasteiger partial charge in [0.1, 0.15) is 0 Å². The Morgan fingerprint density at radius 2 is 2.42 bits per heavy atom. The molecular formula is C7H8NNaO2S. The normalized spacial score (nSPS) is 9.00. The summed E-state index contributed by atoms with van der Waals surface area (Å²) in [6.07, 6.45) is 3.21. The van der Waals surface area contributed by atoms with Crippen LogP contribution in [0, 0.1) is 0 Å². The van der Waals surface area contributed by atoms with Gasteiger partial charge in [0.2, 0.25) is 0 Å². The van der Waals surface area contributed by atoms with Gasteiger partial charge in [-0.05, 0) is 19.3 Å². The van der Waals surface area contributed by atoms with E-state index in [-0.39, 0.29) is 36.0 Å². The first-order chi connectivity index (χ1) is 5.29. The van der Waals surface area contributed by atoms with Crippen LogP contribution in [0.15, 0.2) is 11.6 Å². The molecule has 5 heteroatoms. The number of aryl methyl sites for hydroxylation is 1. The molecular weight excluding hydrogens is 185 g/mol. The van der Waals surface area contributed by atoms with Crippen molar-refractivity contribution < 1.29 is 39.5 Å². The summed E-state index contributed by atoms with van der Waals surface area (Å²) in [5.74, 6) is -0.985. The van der Waals surface area contributed by atoms with E-state index >= 15 is 0 Å². The third-order valence-electron chi connectivity index (χ3n) is 1.26. The Morgan fingerprint density at radius 3 is 2.92 bits per heavy atom. The Bertz CT molecular complexity index is 225.